The first kappa shape index (κ1) is 20.5. The highest BCUT2D eigenvalue weighted by Crippen LogP contribution is 2.24. The van der Waals surface area contributed by atoms with Crippen LogP contribution in [0.1, 0.15) is 43.8 Å². The molecule has 29 heavy (non-hydrogen) atoms. The number of anilines is 1. The molecule has 7 nitrogen and oxygen atoms in total. The monoisotopic (exact) mass is 394 g/mol. The van der Waals surface area contributed by atoms with Gasteiger partial charge < -0.3 is 19.0 Å². The topological polar surface area (TPSA) is 82.6 Å². The number of amides is 1. The molecular formula is C22H26N4O3. The van der Waals surface area contributed by atoms with Crippen molar-refractivity contribution >= 4 is 23.9 Å². The van der Waals surface area contributed by atoms with Crippen molar-refractivity contribution in [1.29, 1.82) is 5.26 Å². The number of rotatable bonds is 7. The zero-order chi connectivity index (χ0) is 20.6. The molecular weight excluding hydrogens is 368 g/mol. The summed E-state index contributed by atoms with van der Waals surface area (Å²) in [6, 6.07) is 9.82. The Morgan fingerprint density at radius 1 is 1.21 bits per heavy atom. The van der Waals surface area contributed by atoms with Crippen LogP contribution in [0, 0.1) is 11.3 Å². The minimum absolute atomic E-state index is 0.184. The molecule has 1 aromatic carbocycles. The number of hydrogen-bond acceptors (Lipinski definition) is 6. The minimum atomic E-state index is 0.184. The lowest BCUT2D eigenvalue weighted by Crippen LogP contribution is -2.48. The first-order chi connectivity index (χ1) is 14.1. The van der Waals surface area contributed by atoms with Crippen LogP contribution in [-0.2, 0) is 4.79 Å². The molecule has 7 heteroatoms. The Morgan fingerprint density at radius 2 is 1.93 bits per heavy atom. The smallest absolute Gasteiger partial charge is 0.235 e. The quantitative estimate of drug-likeness (QED) is 0.714. The molecule has 0 atom stereocenters. The maximum Gasteiger partial charge on any atom is 0.235 e. The number of carbonyl (C=O) groups excluding carboxylic acids is 1. The fourth-order valence-corrected chi connectivity index (χ4v) is 3.23. The molecule has 0 unspecified atom stereocenters. The summed E-state index contributed by atoms with van der Waals surface area (Å²) in [7, 11) is 0. The molecule has 1 aromatic heterocycles. The minimum Gasteiger partial charge on any atom is -0.494 e. The van der Waals surface area contributed by atoms with E-state index >= 15 is 0 Å². The Bertz CT molecular complexity index is 888. The van der Waals surface area contributed by atoms with E-state index < -0.39 is 0 Å². The standard InChI is InChI=1S/C22H26N4O3/c1-3-5-21(27)25-12-14-26(15-13-25)22-19(16-23)24-20(29-22)11-8-17-6-9-18(10-7-17)28-4-2/h6-11H,3-5,12-15H2,1-2H3/b11-8+. The van der Waals surface area contributed by atoms with Gasteiger partial charge in [0.1, 0.15) is 11.8 Å². The third kappa shape index (κ3) is 5.17. The number of ether oxygens (including phenoxy) is 1. The molecule has 3 rings (SSSR count). The van der Waals surface area contributed by atoms with Gasteiger partial charge in [0.15, 0.2) is 0 Å². The van der Waals surface area contributed by atoms with Crippen LogP contribution in [0.2, 0.25) is 0 Å². The lowest BCUT2D eigenvalue weighted by Gasteiger charge is -2.34. The Morgan fingerprint density at radius 3 is 2.55 bits per heavy atom. The van der Waals surface area contributed by atoms with Gasteiger partial charge in [0.05, 0.1) is 6.61 Å². The van der Waals surface area contributed by atoms with Crippen LogP contribution in [-0.4, -0.2) is 48.6 Å². The van der Waals surface area contributed by atoms with E-state index in [1.165, 1.54) is 0 Å². The Hall–Kier alpha value is -3.27. The van der Waals surface area contributed by atoms with Gasteiger partial charge in [-0.05, 0) is 37.1 Å². The Labute approximate surface area is 171 Å². The van der Waals surface area contributed by atoms with Crippen LogP contribution in [0.5, 0.6) is 5.75 Å². The van der Waals surface area contributed by atoms with Crippen LogP contribution >= 0.6 is 0 Å². The number of benzene rings is 1. The van der Waals surface area contributed by atoms with Crippen molar-refractivity contribution in [2.75, 3.05) is 37.7 Å². The largest absolute Gasteiger partial charge is 0.494 e. The second-order valence-electron chi connectivity index (χ2n) is 6.77. The van der Waals surface area contributed by atoms with Crippen LogP contribution in [0.4, 0.5) is 5.88 Å². The van der Waals surface area contributed by atoms with E-state index in [0.717, 1.165) is 17.7 Å². The van der Waals surface area contributed by atoms with Crippen molar-refractivity contribution in [3.63, 3.8) is 0 Å². The molecule has 1 amide bonds. The van der Waals surface area contributed by atoms with Crippen molar-refractivity contribution in [2.45, 2.75) is 26.7 Å². The fourth-order valence-electron chi connectivity index (χ4n) is 3.23. The summed E-state index contributed by atoms with van der Waals surface area (Å²) >= 11 is 0. The van der Waals surface area contributed by atoms with E-state index in [9.17, 15) is 10.1 Å². The van der Waals surface area contributed by atoms with Gasteiger partial charge in [0.25, 0.3) is 0 Å². The van der Waals surface area contributed by atoms with E-state index in [1.807, 2.05) is 54.0 Å². The SMILES string of the molecule is CCCC(=O)N1CCN(c2oc(/C=C/c3ccc(OCC)cc3)nc2C#N)CC1. The summed E-state index contributed by atoms with van der Waals surface area (Å²) in [5, 5.41) is 9.44. The first-order valence-corrected chi connectivity index (χ1v) is 9.99. The van der Waals surface area contributed by atoms with Crippen molar-refractivity contribution in [3.05, 3.63) is 41.4 Å². The third-order valence-corrected chi connectivity index (χ3v) is 4.72. The molecule has 0 aliphatic carbocycles. The van der Waals surface area contributed by atoms with Gasteiger partial charge in [-0.15, -0.1) is 0 Å². The number of oxazole rings is 1. The number of nitriles is 1. The van der Waals surface area contributed by atoms with Gasteiger partial charge in [0.2, 0.25) is 23.4 Å². The van der Waals surface area contributed by atoms with Crippen LogP contribution in [0.25, 0.3) is 12.2 Å². The zero-order valence-electron chi connectivity index (χ0n) is 16.9. The van der Waals surface area contributed by atoms with E-state index in [0.29, 0.717) is 51.0 Å². The predicted octanol–water partition coefficient (Wildman–Crippen LogP) is 3.56. The van der Waals surface area contributed by atoms with E-state index in [4.69, 9.17) is 9.15 Å². The van der Waals surface area contributed by atoms with Crippen LogP contribution in [0.15, 0.2) is 28.7 Å². The van der Waals surface area contributed by atoms with E-state index in [-0.39, 0.29) is 11.6 Å². The summed E-state index contributed by atoms with van der Waals surface area (Å²) in [6.45, 7) is 7.09. The summed E-state index contributed by atoms with van der Waals surface area (Å²) in [6.07, 6.45) is 5.06. The van der Waals surface area contributed by atoms with E-state index in [1.54, 1.807) is 6.08 Å². The van der Waals surface area contributed by atoms with Crippen LogP contribution in [0.3, 0.4) is 0 Å². The van der Waals surface area contributed by atoms with Crippen molar-refractivity contribution in [3.8, 4) is 11.8 Å². The molecule has 2 heterocycles. The second kappa shape index (κ2) is 9.78. The summed E-state index contributed by atoms with van der Waals surface area (Å²) in [5.41, 5.74) is 1.25. The van der Waals surface area contributed by atoms with Crippen LogP contribution < -0.4 is 9.64 Å². The molecule has 2 aromatic rings. The van der Waals surface area contributed by atoms with Gasteiger partial charge in [0, 0.05) is 38.7 Å². The second-order valence-corrected chi connectivity index (χ2v) is 6.77. The summed E-state index contributed by atoms with van der Waals surface area (Å²) in [4.78, 5) is 20.2. The van der Waals surface area contributed by atoms with Crippen molar-refractivity contribution in [2.24, 2.45) is 0 Å². The normalized spacial score (nSPS) is 14.2. The highest BCUT2D eigenvalue weighted by Gasteiger charge is 2.25. The molecule has 0 saturated carbocycles. The molecule has 1 aliphatic heterocycles. The highest BCUT2D eigenvalue weighted by atomic mass is 16.5. The molecule has 0 radical (unpaired) electrons. The molecule has 1 fully saturated rings. The maximum atomic E-state index is 12.0. The number of piperazine rings is 1. The average molecular weight is 394 g/mol. The first-order valence-electron chi connectivity index (χ1n) is 9.99. The van der Waals surface area contributed by atoms with Crippen molar-refractivity contribution in [1.82, 2.24) is 9.88 Å². The summed E-state index contributed by atoms with van der Waals surface area (Å²) in [5.74, 6) is 1.87. The molecule has 0 N–H and O–H groups in total. The van der Waals surface area contributed by atoms with Gasteiger partial charge in [-0.1, -0.05) is 19.1 Å². The fraction of sp³-hybridized carbons (Fsp3) is 0.409. The van der Waals surface area contributed by atoms with Gasteiger partial charge in [-0.25, -0.2) is 0 Å². The number of carbonyl (C=O) groups is 1. The van der Waals surface area contributed by atoms with E-state index in [2.05, 4.69) is 11.1 Å². The molecule has 0 bridgehead atoms. The van der Waals surface area contributed by atoms with Gasteiger partial charge >= 0.3 is 0 Å². The lowest BCUT2D eigenvalue weighted by molar-refractivity contribution is -0.131. The van der Waals surface area contributed by atoms with Gasteiger partial charge in [-0.2, -0.15) is 10.2 Å². The average Bonchev–Trinajstić information content (AvgIpc) is 3.17. The third-order valence-electron chi connectivity index (χ3n) is 4.72. The molecule has 1 saturated heterocycles. The van der Waals surface area contributed by atoms with Crippen molar-refractivity contribution < 1.29 is 13.9 Å². The Kier molecular flexibility index (Phi) is 6.90. The number of nitrogens with zero attached hydrogens (tertiary/aromatic N) is 4. The lowest BCUT2D eigenvalue weighted by atomic mass is 10.2. The predicted molar refractivity (Wildman–Crippen MR) is 111 cm³/mol. The zero-order valence-corrected chi connectivity index (χ0v) is 16.9. The maximum absolute atomic E-state index is 12.0. The van der Waals surface area contributed by atoms with Gasteiger partial charge in [-0.3, -0.25) is 4.79 Å². The summed E-state index contributed by atoms with van der Waals surface area (Å²) < 4.78 is 11.3. The number of hydrogen-bond donors (Lipinski definition) is 0. The number of aromatic nitrogens is 1. The Balaban J connectivity index is 1.66. The highest BCUT2D eigenvalue weighted by molar-refractivity contribution is 5.76. The molecule has 1 aliphatic rings. The molecule has 152 valence electrons. The molecule has 0 spiro atoms.